The van der Waals surface area contributed by atoms with E-state index in [2.05, 4.69) is 34.2 Å². The molecule has 3 fully saturated rings. The summed E-state index contributed by atoms with van der Waals surface area (Å²) in [5.41, 5.74) is 2.35. The monoisotopic (exact) mass is 780 g/mol. The normalized spacial score (nSPS) is 34.5. The zero-order valence-corrected chi connectivity index (χ0v) is 33.0. The molecule has 3 aromatic rings. The molecule has 2 N–H and O–H groups in total. The maximum atomic E-state index is 14.8. The number of nitrogens with one attached hydrogen (secondary N) is 1. The first-order valence-electron chi connectivity index (χ1n) is 19.2. The number of fused-ring (bicyclic) bond motifs is 11. The van der Waals surface area contributed by atoms with Crippen molar-refractivity contribution in [1.29, 1.82) is 5.26 Å². The van der Waals surface area contributed by atoms with Crippen LogP contribution in [0.3, 0.4) is 0 Å². The molecule has 11 rings (SSSR count). The third-order valence-electron chi connectivity index (χ3n) is 13.8. The molecule has 1 aromatic heterocycles. The molecule has 3 saturated heterocycles. The maximum absolute atomic E-state index is 14.8. The smallest absolute Gasteiger partial charge is 0.335 e. The third-order valence-corrected chi connectivity index (χ3v) is 15.2. The van der Waals surface area contributed by atoms with Gasteiger partial charge < -0.3 is 33.2 Å². The Morgan fingerprint density at radius 1 is 1.16 bits per heavy atom. The number of para-hydroxylation sites is 1. The van der Waals surface area contributed by atoms with E-state index >= 15 is 0 Å². The molecule has 8 heterocycles. The Balaban J connectivity index is 1.25. The highest BCUT2D eigenvalue weighted by Gasteiger charge is 2.68. The number of likely N-dealkylation sites (N-methyl/N-ethyl adjacent to an activating group) is 1. The molecule has 7 aliphatic heterocycles. The lowest BCUT2D eigenvalue weighted by Gasteiger charge is -2.67. The van der Waals surface area contributed by atoms with Crippen LogP contribution in [0.4, 0.5) is 0 Å². The fourth-order valence-electron chi connectivity index (χ4n) is 11.4. The van der Waals surface area contributed by atoms with E-state index in [0.717, 1.165) is 22.1 Å². The van der Waals surface area contributed by atoms with Gasteiger partial charge in [-0.3, -0.25) is 19.9 Å². The average Bonchev–Trinajstić information content (AvgIpc) is 3.82. The summed E-state index contributed by atoms with van der Waals surface area (Å²) in [5.74, 6) is 1.58. The molecule has 56 heavy (non-hydrogen) atoms. The molecule has 1 aliphatic carbocycles. The molecule has 3 unspecified atom stereocenters. The molecule has 292 valence electrons. The van der Waals surface area contributed by atoms with Crippen molar-refractivity contribution < 1.29 is 42.8 Å². The van der Waals surface area contributed by atoms with E-state index in [9.17, 15) is 20.0 Å². The number of furan rings is 1. The van der Waals surface area contributed by atoms with E-state index in [1.165, 1.54) is 18.7 Å². The number of ether oxygens (including phenoxy) is 5. The Morgan fingerprint density at radius 2 is 1.95 bits per heavy atom. The van der Waals surface area contributed by atoms with Gasteiger partial charge in [0.25, 0.3) is 0 Å². The van der Waals surface area contributed by atoms with Crippen molar-refractivity contribution in [3.63, 3.8) is 0 Å². The molecule has 9 atom stereocenters. The molecule has 0 radical (unpaired) electrons. The van der Waals surface area contributed by atoms with Gasteiger partial charge in [0, 0.05) is 65.0 Å². The van der Waals surface area contributed by atoms with Crippen molar-refractivity contribution in [2.45, 2.75) is 81.5 Å². The van der Waals surface area contributed by atoms with Crippen LogP contribution in [0.1, 0.15) is 66.5 Å². The molecule has 0 saturated carbocycles. The van der Waals surface area contributed by atoms with Crippen molar-refractivity contribution in [3.05, 3.63) is 75.4 Å². The first kappa shape index (κ1) is 35.7. The number of allylic oxidation sites excluding steroid dienone is 2. The van der Waals surface area contributed by atoms with Gasteiger partial charge >= 0.3 is 11.9 Å². The van der Waals surface area contributed by atoms with Gasteiger partial charge in [0.05, 0.1) is 29.9 Å². The lowest BCUT2D eigenvalue weighted by molar-refractivity contribution is -0.169. The summed E-state index contributed by atoms with van der Waals surface area (Å²) < 4.78 is 37.5. The molecular weight excluding hydrogens is 737 g/mol. The minimum atomic E-state index is -1.35. The highest BCUT2D eigenvalue weighted by atomic mass is 32.2. The van der Waals surface area contributed by atoms with Crippen LogP contribution in [0.2, 0.25) is 0 Å². The zero-order valence-electron chi connectivity index (χ0n) is 32.1. The molecule has 2 aromatic carbocycles. The average molecular weight is 781 g/mol. The van der Waals surface area contributed by atoms with Crippen LogP contribution in [0.5, 0.6) is 17.2 Å². The van der Waals surface area contributed by atoms with Crippen LogP contribution in [0.25, 0.3) is 11.0 Å². The Bertz CT molecular complexity index is 2350. The highest BCUT2D eigenvalue weighted by Crippen LogP contribution is 2.65. The summed E-state index contributed by atoms with van der Waals surface area (Å²) >= 11 is 1.54. The number of thioether (sulfide) groups is 1. The maximum Gasteiger partial charge on any atom is 0.335 e. The molecule has 13 nitrogen and oxygen atoms in total. The van der Waals surface area contributed by atoms with Crippen LogP contribution in [-0.2, 0) is 31.0 Å². The van der Waals surface area contributed by atoms with Crippen LogP contribution in [-0.4, -0.2) is 90.9 Å². The topological polar surface area (TPSA) is 156 Å². The summed E-state index contributed by atoms with van der Waals surface area (Å²) in [5, 5.41) is 27.6. The van der Waals surface area contributed by atoms with Crippen LogP contribution in [0, 0.1) is 29.6 Å². The van der Waals surface area contributed by atoms with Crippen molar-refractivity contribution in [2.24, 2.45) is 11.3 Å². The number of nitriles is 1. The molecule has 4 bridgehead atoms. The van der Waals surface area contributed by atoms with E-state index in [0.29, 0.717) is 64.9 Å². The van der Waals surface area contributed by atoms with Crippen LogP contribution < -0.4 is 19.5 Å². The predicted molar refractivity (Wildman–Crippen MR) is 204 cm³/mol. The van der Waals surface area contributed by atoms with E-state index in [-0.39, 0.29) is 42.9 Å². The highest BCUT2D eigenvalue weighted by molar-refractivity contribution is 7.99. The van der Waals surface area contributed by atoms with Gasteiger partial charge in [0.1, 0.15) is 35.5 Å². The number of esters is 2. The van der Waals surface area contributed by atoms with Crippen LogP contribution in [0.15, 0.2) is 51.9 Å². The Labute approximate surface area is 328 Å². The zero-order chi connectivity index (χ0) is 39.0. The van der Waals surface area contributed by atoms with Gasteiger partial charge in [-0.1, -0.05) is 31.2 Å². The molecule has 1 spiro atoms. The molecule has 14 heteroatoms. The van der Waals surface area contributed by atoms with Gasteiger partial charge in [0.15, 0.2) is 22.8 Å². The number of aliphatic hydroxyl groups is 1. The predicted octanol–water partition coefficient (Wildman–Crippen LogP) is 5.47. The number of hydrogen-bond donors (Lipinski definition) is 2. The number of methoxy groups -OCH3 is 1. The lowest BCUT2D eigenvalue weighted by Crippen LogP contribution is -2.77. The number of hydrogen-bond acceptors (Lipinski definition) is 14. The second kappa shape index (κ2) is 12.4. The summed E-state index contributed by atoms with van der Waals surface area (Å²) in [6.45, 7) is 7.63. The largest absolute Gasteiger partial charge is 0.508 e. The van der Waals surface area contributed by atoms with Crippen molar-refractivity contribution in [1.82, 2.24) is 15.1 Å². The van der Waals surface area contributed by atoms with Gasteiger partial charge in [0.2, 0.25) is 6.79 Å². The van der Waals surface area contributed by atoms with Crippen molar-refractivity contribution in [3.8, 4) is 23.3 Å². The van der Waals surface area contributed by atoms with Gasteiger partial charge in [-0.2, -0.15) is 5.26 Å². The summed E-state index contributed by atoms with van der Waals surface area (Å²) in [7, 11) is 3.62. The Morgan fingerprint density at radius 3 is 2.71 bits per heavy atom. The fraction of sp³-hybridized carbons (Fsp3) is 0.500. The number of rotatable bonds is 2. The number of nitrogens with zero attached hydrogens (tertiary/aromatic N) is 3. The van der Waals surface area contributed by atoms with E-state index in [1.807, 2.05) is 45.2 Å². The molecule has 8 aliphatic rings. The number of piperazine rings is 1. The fourth-order valence-corrected chi connectivity index (χ4v) is 13.1. The molecular formula is C42H44N4O9S. The van der Waals surface area contributed by atoms with Gasteiger partial charge in [-0.15, -0.1) is 11.8 Å². The summed E-state index contributed by atoms with van der Waals surface area (Å²) in [6.07, 6.45) is 3.47. The minimum absolute atomic E-state index is 0.0404. The lowest BCUT2D eigenvalue weighted by atomic mass is 9.56. The number of piperidine rings is 1. The SMILES string of the molecule is COC1=C(O)C2(C)C(C=C1C)CC1[C@H](C#N)N3[C@@H]([C@@H]4SC[C@]5(NCCc6c5oc5ccccc65)C(=O)OC[C@H]3c3c5c(c(C)c(OC(C)=O)c34)OCO5)[C@H]2N1C. The molecule has 0 amide bonds. The summed E-state index contributed by atoms with van der Waals surface area (Å²) in [6, 6.07) is 8.05. The van der Waals surface area contributed by atoms with Crippen LogP contribution >= 0.6 is 11.8 Å². The van der Waals surface area contributed by atoms with Gasteiger partial charge in [-0.05, 0) is 51.3 Å². The number of benzene rings is 2. The Kier molecular flexibility index (Phi) is 7.91. The quantitative estimate of drug-likeness (QED) is 0.249. The van der Waals surface area contributed by atoms with E-state index in [4.69, 9.17) is 28.1 Å². The summed E-state index contributed by atoms with van der Waals surface area (Å²) in [4.78, 5) is 32.3. The Hall–Kier alpha value is -4.68. The number of aliphatic hydroxyl groups excluding tert-OH is 1. The first-order chi connectivity index (χ1) is 27.0. The van der Waals surface area contributed by atoms with E-state index in [1.54, 1.807) is 7.11 Å². The first-order valence-corrected chi connectivity index (χ1v) is 20.3. The van der Waals surface area contributed by atoms with Crippen molar-refractivity contribution in [2.75, 3.05) is 39.9 Å². The van der Waals surface area contributed by atoms with E-state index < -0.39 is 46.3 Å². The van der Waals surface area contributed by atoms with Crippen molar-refractivity contribution >= 4 is 34.7 Å². The number of carbonyl (C=O) groups is 2. The minimum Gasteiger partial charge on any atom is -0.508 e. The second-order valence-corrected chi connectivity index (χ2v) is 17.4. The third kappa shape index (κ3) is 4.48. The standard InChI is InChI=1S/C42H44N4O9S/c1-19-13-22-14-25-26(15-43)46-27-16-51-40(49)42(39-24(11-12-44-42)23-9-7-8-10-28(23)55-39)17-56-36(31(46)37(45(25)5)41(22,4)38(48)32(19)50-6)30-29(27)35-34(52-18-53-35)20(2)33(30)54-21(3)47/h7-10,13,22,25-27,31,36-37,44,48H,11-12,14,16-18H2,1-6H3/t22?,25?,26-,27-,31-,36+,37+,41?,42+/m0/s1. The second-order valence-electron chi connectivity index (χ2n) is 16.3. The van der Waals surface area contributed by atoms with Gasteiger partial charge in [-0.25, -0.2) is 4.79 Å². The number of carbonyl (C=O) groups excluding carboxylic acids is 2.